The third-order valence-electron chi connectivity index (χ3n) is 2.73. The molecule has 0 spiro atoms. The lowest BCUT2D eigenvalue weighted by atomic mass is 10.1. The molecule has 3 nitrogen and oxygen atoms in total. The van der Waals surface area contributed by atoms with Crippen LogP contribution in [0, 0.1) is 6.92 Å². The predicted molar refractivity (Wildman–Crippen MR) is 87.5 cm³/mol. The van der Waals surface area contributed by atoms with Gasteiger partial charge in [-0.25, -0.2) is 0 Å². The number of nitrogens with one attached hydrogen (secondary N) is 1. The highest BCUT2D eigenvalue weighted by atomic mass is 79.9. The summed E-state index contributed by atoms with van der Waals surface area (Å²) in [7, 11) is 1.58. The molecule has 104 valence electrons. The molecule has 1 N–H and O–H groups in total. The fourth-order valence-electron chi connectivity index (χ4n) is 1.80. The van der Waals surface area contributed by atoms with Crippen molar-refractivity contribution in [1.82, 2.24) is 0 Å². The van der Waals surface area contributed by atoms with Crippen molar-refractivity contribution >= 4 is 43.5 Å². The van der Waals surface area contributed by atoms with E-state index in [0.29, 0.717) is 17.0 Å². The maximum absolute atomic E-state index is 12.3. The van der Waals surface area contributed by atoms with E-state index in [1.54, 1.807) is 19.2 Å². The van der Waals surface area contributed by atoms with Crippen molar-refractivity contribution in [2.75, 3.05) is 12.4 Å². The van der Waals surface area contributed by atoms with Crippen LogP contribution in [0.5, 0.6) is 5.75 Å². The van der Waals surface area contributed by atoms with E-state index in [1.807, 2.05) is 31.2 Å². The largest absolute Gasteiger partial charge is 0.495 e. The van der Waals surface area contributed by atoms with E-state index >= 15 is 0 Å². The topological polar surface area (TPSA) is 38.3 Å². The predicted octanol–water partition coefficient (Wildman–Crippen LogP) is 4.78. The Balaban J connectivity index is 2.29. The summed E-state index contributed by atoms with van der Waals surface area (Å²) in [5.41, 5.74) is 2.28. The van der Waals surface area contributed by atoms with Crippen molar-refractivity contribution in [3.63, 3.8) is 0 Å². The third kappa shape index (κ3) is 3.61. The molecule has 0 aliphatic heterocycles. The van der Waals surface area contributed by atoms with Gasteiger partial charge in [0.25, 0.3) is 5.91 Å². The van der Waals surface area contributed by atoms with E-state index in [2.05, 4.69) is 37.2 Å². The van der Waals surface area contributed by atoms with Crippen molar-refractivity contribution < 1.29 is 9.53 Å². The molecule has 0 saturated heterocycles. The highest BCUT2D eigenvalue weighted by Gasteiger charge is 2.11. The standard InChI is InChI=1S/C15H13Br2NO2/c1-9-3-4-14(20-2)13(5-9)18-15(19)10-6-11(16)8-12(17)7-10/h3-8H,1-2H3,(H,18,19). The molecule has 20 heavy (non-hydrogen) atoms. The maximum atomic E-state index is 12.3. The SMILES string of the molecule is COc1ccc(C)cc1NC(=O)c1cc(Br)cc(Br)c1. The van der Waals surface area contributed by atoms with Gasteiger partial charge in [-0.3, -0.25) is 4.79 Å². The number of aryl methyl sites for hydroxylation is 1. The number of methoxy groups -OCH3 is 1. The van der Waals surface area contributed by atoms with Crippen molar-refractivity contribution in [3.8, 4) is 5.75 Å². The Morgan fingerprint density at radius 3 is 2.35 bits per heavy atom. The van der Waals surface area contributed by atoms with Gasteiger partial charge in [0.1, 0.15) is 5.75 Å². The van der Waals surface area contributed by atoms with Gasteiger partial charge in [-0.15, -0.1) is 0 Å². The van der Waals surface area contributed by atoms with Gasteiger partial charge in [-0.05, 0) is 42.8 Å². The molecule has 2 rings (SSSR count). The van der Waals surface area contributed by atoms with Gasteiger partial charge in [0.2, 0.25) is 0 Å². The monoisotopic (exact) mass is 397 g/mol. The molecule has 1 amide bonds. The Morgan fingerprint density at radius 2 is 1.75 bits per heavy atom. The minimum Gasteiger partial charge on any atom is -0.495 e. The Labute approximate surface area is 134 Å². The van der Waals surface area contributed by atoms with Crippen LogP contribution in [0.3, 0.4) is 0 Å². The number of halogens is 2. The van der Waals surface area contributed by atoms with Gasteiger partial charge >= 0.3 is 0 Å². The van der Waals surface area contributed by atoms with Crippen molar-refractivity contribution in [1.29, 1.82) is 0 Å². The highest BCUT2D eigenvalue weighted by molar-refractivity contribution is 9.11. The van der Waals surface area contributed by atoms with Crippen molar-refractivity contribution in [2.45, 2.75) is 6.92 Å². The quantitative estimate of drug-likeness (QED) is 0.807. The number of anilines is 1. The molecule has 5 heteroatoms. The zero-order valence-corrected chi connectivity index (χ0v) is 14.2. The molecule has 0 aliphatic carbocycles. The number of rotatable bonds is 3. The summed E-state index contributed by atoms with van der Waals surface area (Å²) >= 11 is 6.74. The normalized spacial score (nSPS) is 10.2. The fourth-order valence-corrected chi connectivity index (χ4v) is 3.09. The van der Waals surface area contributed by atoms with Crippen molar-refractivity contribution in [3.05, 3.63) is 56.5 Å². The number of hydrogen-bond donors (Lipinski definition) is 1. The molecule has 0 aliphatic rings. The van der Waals surface area contributed by atoms with E-state index in [0.717, 1.165) is 14.5 Å². The lowest BCUT2D eigenvalue weighted by molar-refractivity contribution is 0.102. The second kappa shape index (κ2) is 6.41. The molecule has 2 aromatic carbocycles. The average Bonchev–Trinajstić information content (AvgIpc) is 2.37. The summed E-state index contributed by atoms with van der Waals surface area (Å²) in [5.74, 6) is 0.453. The third-order valence-corrected chi connectivity index (χ3v) is 3.64. The van der Waals surface area contributed by atoms with Gasteiger partial charge in [0, 0.05) is 14.5 Å². The molecular weight excluding hydrogens is 386 g/mol. The van der Waals surface area contributed by atoms with Crippen LogP contribution in [0.4, 0.5) is 5.69 Å². The first-order valence-electron chi connectivity index (χ1n) is 5.91. The van der Waals surface area contributed by atoms with E-state index in [1.165, 1.54) is 0 Å². The van der Waals surface area contributed by atoms with Crippen LogP contribution in [0.15, 0.2) is 45.3 Å². The molecule has 0 atom stereocenters. The molecule has 0 unspecified atom stereocenters. The molecule has 0 radical (unpaired) electrons. The summed E-state index contributed by atoms with van der Waals surface area (Å²) in [6.45, 7) is 1.96. The average molecular weight is 399 g/mol. The van der Waals surface area contributed by atoms with E-state index in [4.69, 9.17) is 4.74 Å². The number of amides is 1. The first kappa shape index (κ1) is 15.1. The number of carbonyl (C=O) groups excluding carboxylic acids is 1. The van der Waals surface area contributed by atoms with Crippen LogP contribution in [0.1, 0.15) is 15.9 Å². The molecule has 0 bridgehead atoms. The molecule has 2 aromatic rings. The van der Waals surface area contributed by atoms with Gasteiger partial charge < -0.3 is 10.1 Å². The Bertz CT molecular complexity index is 636. The van der Waals surface area contributed by atoms with Gasteiger partial charge in [-0.2, -0.15) is 0 Å². The minimum atomic E-state index is -0.184. The Morgan fingerprint density at radius 1 is 1.10 bits per heavy atom. The van der Waals surface area contributed by atoms with Crippen LogP contribution >= 0.6 is 31.9 Å². The molecule has 0 aromatic heterocycles. The van der Waals surface area contributed by atoms with E-state index in [-0.39, 0.29) is 5.91 Å². The molecule has 0 saturated carbocycles. The fraction of sp³-hybridized carbons (Fsp3) is 0.133. The highest BCUT2D eigenvalue weighted by Crippen LogP contribution is 2.26. The lowest BCUT2D eigenvalue weighted by Crippen LogP contribution is -2.12. The molecular formula is C15H13Br2NO2. The maximum Gasteiger partial charge on any atom is 0.255 e. The number of ether oxygens (including phenoxy) is 1. The zero-order chi connectivity index (χ0) is 14.7. The van der Waals surface area contributed by atoms with Gasteiger partial charge in [0.15, 0.2) is 0 Å². The second-order valence-electron chi connectivity index (χ2n) is 4.32. The minimum absolute atomic E-state index is 0.184. The lowest BCUT2D eigenvalue weighted by Gasteiger charge is -2.11. The summed E-state index contributed by atoms with van der Waals surface area (Å²) in [4.78, 5) is 12.3. The smallest absolute Gasteiger partial charge is 0.255 e. The first-order valence-corrected chi connectivity index (χ1v) is 7.50. The van der Waals surface area contributed by atoms with Crippen LogP contribution in [0.25, 0.3) is 0 Å². The summed E-state index contributed by atoms with van der Waals surface area (Å²) < 4.78 is 6.93. The summed E-state index contributed by atoms with van der Waals surface area (Å²) in [6.07, 6.45) is 0. The molecule has 0 heterocycles. The van der Waals surface area contributed by atoms with Gasteiger partial charge in [0.05, 0.1) is 12.8 Å². The van der Waals surface area contributed by atoms with Crippen LogP contribution in [0.2, 0.25) is 0 Å². The molecule has 0 fully saturated rings. The first-order chi connectivity index (χ1) is 9.49. The summed E-state index contributed by atoms with van der Waals surface area (Å²) in [5, 5.41) is 2.87. The van der Waals surface area contributed by atoms with Crippen LogP contribution in [-0.2, 0) is 0 Å². The Kier molecular flexibility index (Phi) is 4.83. The number of benzene rings is 2. The van der Waals surface area contributed by atoms with Crippen molar-refractivity contribution in [2.24, 2.45) is 0 Å². The van der Waals surface area contributed by atoms with E-state index < -0.39 is 0 Å². The zero-order valence-electron chi connectivity index (χ0n) is 11.0. The summed E-state index contributed by atoms with van der Waals surface area (Å²) in [6, 6.07) is 11.1. The Hall–Kier alpha value is -1.33. The van der Waals surface area contributed by atoms with Gasteiger partial charge in [-0.1, -0.05) is 37.9 Å². The van der Waals surface area contributed by atoms with Crippen LogP contribution in [-0.4, -0.2) is 13.0 Å². The number of hydrogen-bond acceptors (Lipinski definition) is 2. The second-order valence-corrected chi connectivity index (χ2v) is 6.15. The number of carbonyl (C=O) groups is 1. The van der Waals surface area contributed by atoms with Crippen LogP contribution < -0.4 is 10.1 Å². The van der Waals surface area contributed by atoms with E-state index in [9.17, 15) is 4.79 Å².